The number of carbonyl (C=O) groups excluding carboxylic acids is 1. The number of rotatable bonds is 7. The number of carbonyl (C=O) groups is 1. The van der Waals surface area contributed by atoms with Gasteiger partial charge in [0.05, 0.1) is 13.7 Å². The molecule has 0 unspecified atom stereocenters. The molecule has 0 spiro atoms. The molecule has 1 saturated heterocycles. The molecule has 7 nitrogen and oxygen atoms in total. The molecular weight excluding hydrogens is 354 g/mol. The highest BCUT2D eigenvalue weighted by atomic mass is 32.2. The summed E-state index contributed by atoms with van der Waals surface area (Å²) in [4.78, 5) is 14.2. The van der Waals surface area contributed by atoms with Gasteiger partial charge in [-0.3, -0.25) is 9.69 Å². The van der Waals surface area contributed by atoms with E-state index >= 15 is 0 Å². The third-order valence-electron chi connectivity index (χ3n) is 4.65. The number of piperidine rings is 1. The molecule has 0 aliphatic carbocycles. The van der Waals surface area contributed by atoms with Crippen LogP contribution in [0.5, 0.6) is 5.75 Å². The summed E-state index contributed by atoms with van der Waals surface area (Å²) in [5.41, 5.74) is 0.448. The largest absolute Gasteiger partial charge is 0.495 e. The number of hydrogen-bond acceptors (Lipinski definition) is 5. The first kappa shape index (κ1) is 20.7. The van der Waals surface area contributed by atoms with Crippen molar-refractivity contribution in [3.8, 4) is 5.75 Å². The Morgan fingerprint density at radius 1 is 1.27 bits per heavy atom. The second kappa shape index (κ2) is 8.83. The lowest BCUT2D eigenvalue weighted by molar-refractivity contribution is -0.117. The van der Waals surface area contributed by atoms with E-state index < -0.39 is 10.0 Å². The van der Waals surface area contributed by atoms with Crippen molar-refractivity contribution in [1.29, 1.82) is 0 Å². The number of benzene rings is 1. The van der Waals surface area contributed by atoms with Gasteiger partial charge in [0.1, 0.15) is 10.6 Å². The first-order chi connectivity index (χ1) is 12.3. The Balaban J connectivity index is 2.24. The first-order valence-corrected chi connectivity index (χ1v) is 10.4. The van der Waals surface area contributed by atoms with Crippen molar-refractivity contribution in [2.24, 2.45) is 0 Å². The number of amides is 1. The average Bonchev–Trinajstić information content (AvgIpc) is 2.62. The lowest BCUT2D eigenvalue weighted by atomic mass is 10.2. The SMILES string of the molecule is COc1ccc(NC(=O)CN(C)C(C)C)cc1S(=O)(=O)N1CCCCC1. The van der Waals surface area contributed by atoms with Crippen LogP contribution in [0.15, 0.2) is 23.1 Å². The lowest BCUT2D eigenvalue weighted by Gasteiger charge is -2.26. The predicted octanol–water partition coefficient (Wildman–Crippen LogP) is 2.15. The number of likely N-dealkylation sites (N-methyl/N-ethyl adjacent to an activating group) is 1. The van der Waals surface area contributed by atoms with Gasteiger partial charge in [-0.1, -0.05) is 6.42 Å². The smallest absolute Gasteiger partial charge is 0.246 e. The zero-order valence-electron chi connectivity index (χ0n) is 16.0. The first-order valence-electron chi connectivity index (χ1n) is 8.94. The summed E-state index contributed by atoms with van der Waals surface area (Å²) in [5.74, 6) is 0.0977. The molecule has 8 heteroatoms. The summed E-state index contributed by atoms with van der Waals surface area (Å²) < 4.78 is 32.7. The predicted molar refractivity (Wildman–Crippen MR) is 102 cm³/mol. The van der Waals surface area contributed by atoms with Crippen LogP contribution >= 0.6 is 0 Å². The van der Waals surface area contributed by atoms with E-state index in [2.05, 4.69) is 5.32 Å². The maximum absolute atomic E-state index is 13.0. The van der Waals surface area contributed by atoms with Crippen molar-refractivity contribution in [2.45, 2.75) is 44.0 Å². The normalized spacial score (nSPS) is 16.1. The molecule has 1 amide bonds. The third kappa shape index (κ3) is 4.96. The van der Waals surface area contributed by atoms with Gasteiger partial charge in [-0.05, 0) is 51.9 Å². The maximum atomic E-state index is 13.0. The third-order valence-corrected chi connectivity index (χ3v) is 6.57. The van der Waals surface area contributed by atoms with E-state index in [0.717, 1.165) is 19.3 Å². The summed E-state index contributed by atoms with van der Waals surface area (Å²) in [6, 6.07) is 4.96. The van der Waals surface area contributed by atoms with E-state index in [0.29, 0.717) is 18.8 Å². The number of methoxy groups -OCH3 is 1. The van der Waals surface area contributed by atoms with Gasteiger partial charge in [0.2, 0.25) is 15.9 Å². The van der Waals surface area contributed by atoms with Gasteiger partial charge in [0.25, 0.3) is 0 Å². The summed E-state index contributed by atoms with van der Waals surface area (Å²) in [5, 5.41) is 2.78. The van der Waals surface area contributed by atoms with Gasteiger partial charge in [-0.25, -0.2) is 8.42 Å². The molecule has 0 bridgehead atoms. The molecule has 1 fully saturated rings. The lowest BCUT2D eigenvalue weighted by Crippen LogP contribution is -2.36. The van der Waals surface area contributed by atoms with E-state index in [-0.39, 0.29) is 29.1 Å². The Bertz CT molecular complexity index is 728. The van der Waals surface area contributed by atoms with Crippen LogP contribution in [0.25, 0.3) is 0 Å². The fraction of sp³-hybridized carbons (Fsp3) is 0.611. The van der Waals surface area contributed by atoms with Crippen LogP contribution in [-0.2, 0) is 14.8 Å². The Hall–Kier alpha value is -1.64. The number of nitrogens with one attached hydrogen (secondary N) is 1. The summed E-state index contributed by atoms with van der Waals surface area (Å²) in [6.45, 7) is 5.27. The Kier molecular flexibility index (Phi) is 7.02. The Morgan fingerprint density at radius 3 is 2.50 bits per heavy atom. The molecule has 1 aromatic carbocycles. The van der Waals surface area contributed by atoms with E-state index in [1.54, 1.807) is 12.1 Å². The van der Waals surface area contributed by atoms with Gasteiger partial charge in [0, 0.05) is 24.8 Å². The number of nitrogens with zero attached hydrogens (tertiary/aromatic N) is 2. The summed E-state index contributed by atoms with van der Waals surface area (Å²) >= 11 is 0. The topological polar surface area (TPSA) is 79.0 Å². The van der Waals surface area contributed by atoms with Crippen molar-refractivity contribution >= 4 is 21.6 Å². The van der Waals surface area contributed by atoms with Crippen molar-refractivity contribution in [3.05, 3.63) is 18.2 Å². The maximum Gasteiger partial charge on any atom is 0.246 e. The highest BCUT2D eigenvalue weighted by Gasteiger charge is 2.29. The van der Waals surface area contributed by atoms with Crippen LogP contribution in [0.1, 0.15) is 33.1 Å². The summed E-state index contributed by atoms with van der Waals surface area (Å²) in [6.07, 6.45) is 2.77. The molecular formula is C18H29N3O4S. The number of hydrogen-bond donors (Lipinski definition) is 1. The quantitative estimate of drug-likeness (QED) is 0.780. The van der Waals surface area contributed by atoms with Crippen molar-refractivity contribution in [3.63, 3.8) is 0 Å². The number of ether oxygens (including phenoxy) is 1. The molecule has 1 aliphatic rings. The molecule has 1 N–H and O–H groups in total. The van der Waals surface area contributed by atoms with Crippen LogP contribution in [0.4, 0.5) is 5.69 Å². The monoisotopic (exact) mass is 383 g/mol. The zero-order chi connectivity index (χ0) is 19.3. The minimum absolute atomic E-state index is 0.0944. The van der Waals surface area contributed by atoms with E-state index in [9.17, 15) is 13.2 Å². The van der Waals surface area contributed by atoms with Crippen LogP contribution in [0, 0.1) is 0 Å². The number of anilines is 1. The Morgan fingerprint density at radius 2 is 1.92 bits per heavy atom. The van der Waals surface area contributed by atoms with Crippen LogP contribution in [-0.4, -0.2) is 63.4 Å². The van der Waals surface area contributed by atoms with Crippen molar-refractivity contribution in [1.82, 2.24) is 9.21 Å². The second-order valence-electron chi connectivity index (χ2n) is 6.89. The molecule has 1 aliphatic heterocycles. The molecule has 0 aromatic heterocycles. The highest BCUT2D eigenvalue weighted by molar-refractivity contribution is 7.89. The number of sulfonamides is 1. The van der Waals surface area contributed by atoms with Crippen molar-refractivity contribution < 1.29 is 17.9 Å². The minimum Gasteiger partial charge on any atom is -0.495 e. The molecule has 0 atom stereocenters. The van der Waals surface area contributed by atoms with Gasteiger partial charge < -0.3 is 10.1 Å². The van der Waals surface area contributed by atoms with Gasteiger partial charge >= 0.3 is 0 Å². The molecule has 0 saturated carbocycles. The Labute approximate surface area is 156 Å². The molecule has 146 valence electrons. The molecule has 1 aromatic rings. The van der Waals surface area contributed by atoms with E-state index in [1.807, 2.05) is 25.8 Å². The summed E-state index contributed by atoms with van der Waals surface area (Å²) in [7, 11) is -0.343. The standard InChI is InChI=1S/C18H29N3O4S/c1-14(2)20(3)13-18(22)19-15-8-9-16(25-4)17(12-15)26(23,24)21-10-6-5-7-11-21/h8-9,12,14H,5-7,10-11,13H2,1-4H3,(H,19,22). The molecule has 0 radical (unpaired) electrons. The van der Waals surface area contributed by atoms with E-state index in [1.165, 1.54) is 17.5 Å². The minimum atomic E-state index is -3.65. The zero-order valence-corrected chi connectivity index (χ0v) is 16.8. The van der Waals surface area contributed by atoms with Crippen LogP contribution in [0.3, 0.4) is 0 Å². The van der Waals surface area contributed by atoms with E-state index in [4.69, 9.17) is 4.74 Å². The van der Waals surface area contributed by atoms with Gasteiger partial charge in [-0.2, -0.15) is 4.31 Å². The van der Waals surface area contributed by atoms with Gasteiger partial charge in [-0.15, -0.1) is 0 Å². The fourth-order valence-corrected chi connectivity index (χ4v) is 4.51. The van der Waals surface area contributed by atoms with Crippen LogP contribution in [0.2, 0.25) is 0 Å². The molecule has 1 heterocycles. The average molecular weight is 384 g/mol. The van der Waals surface area contributed by atoms with Crippen LogP contribution < -0.4 is 10.1 Å². The second-order valence-corrected chi connectivity index (χ2v) is 8.79. The molecule has 2 rings (SSSR count). The molecule has 26 heavy (non-hydrogen) atoms. The van der Waals surface area contributed by atoms with Gasteiger partial charge in [0.15, 0.2) is 0 Å². The fourth-order valence-electron chi connectivity index (χ4n) is 2.81. The van der Waals surface area contributed by atoms with Crippen molar-refractivity contribution in [2.75, 3.05) is 39.1 Å². The highest BCUT2D eigenvalue weighted by Crippen LogP contribution is 2.31.